The number of halogens is 3. The number of fused-ring (bicyclic) bond motifs is 4. The third-order valence-corrected chi connectivity index (χ3v) is 8.60. The number of ether oxygens (including phenoxy) is 2. The number of nitrogens with zero attached hydrogens (tertiary/aromatic N) is 7. The SMILES string of the molecule is Cc1nc(-c2ccc3ccnc(N[C@@H](CCCCN(C)C(=O)OC(C)(C)C)CN4CCn5c(cc6c(OCC(F)(F)F)nccc65)C4=O)c3c2)no1. The Hall–Kier alpha value is -5.41. The molecule has 1 atom stereocenters. The summed E-state index contributed by atoms with van der Waals surface area (Å²) in [4.78, 5) is 42.8. The smallest absolute Gasteiger partial charge is 0.422 e. The van der Waals surface area contributed by atoms with Gasteiger partial charge in [0.05, 0.1) is 10.9 Å². The van der Waals surface area contributed by atoms with E-state index in [0.717, 1.165) is 22.8 Å². The summed E-state index contributed by atoms with van der Waals surface area (Å²) >= 11 is 0. The van der Waals surface area contributed by atoms with Gasteiger partial charge in [-0.3, -0.25) is 4.79 Å². The highest BCUT2D eigenvalue weighted by Gasteiger charge is 2.32. The van der Waals surface area contributed by atoms with Gasteiger partial charge in [-0.1, -0.05) is 17.3 Å². The van der Waals surface area contributed by atoms with Gasteiger partial charge in [-0.2, -0.15) is 18.2 Å². The third kappa shape index (κ3) is 8.54. The lowest BCUT2D eigenvalue weighted by Gasteiger charge is -2.32. The highest BCUT2D eigenvalue weighted by atomic mass is 19.4. The van der Waals surface area contributed by atoms with Crippen molar-refractivity contribution < 1.29 is 36.8 Å². The van der Waals surface area contributed by atoms with E-state index in [-0.39, 0.29) is 17.8 Å². The standard InChI is InChI=1S/C36H41F3N8O5/c1-22-42-30(44-52-22)24-10-9-23-11-13-40-31(26(23)18-24)43-25(8-6-7-15-45(5)34(49)51-35(2,3)4)20-46-16-17-47-28-12-14-41-32(50-21-36(37,38)39)27(28)19-29(47)33(46)48/h9-14,18-19,25H,6-8,15-17,20-21H2,1-5H3,(H,40,43)/t25-/m0/s1. The summed E-state index contributed by atoms with van der Waals surface area (Å²) < 4.78 is 56.2. The predicted molar refractivity (Wildman–Crippen MR) is 187 cm³/mol. The molecule has 0 bridgehead atoms. The number of nitrogens with one attached hydrogen (secondary N) is 1. The fourth-order valence-corrected chi connectivity index (χ4v) is 6.18. The first-order valence-corrected chi connectivity index (χ1v) is 17.0. The molecular weight excluding hydrogens is 681 g/mol. The molecule has 0 fully saturated rings. The van der Waals surface area contributed by atoms with E-state index in [1.54, 1.807) is 46.7 Å². The van der Waals surface area contributed by atoms with Crippen LogP contribution < -0.4 is 10.1 Å². The molecule has 4 aromatic heterocycles. The first-order valence-electron chi connectivity index (χ1n) is 17.0. The maximum atomic E-state index is 14.0. The highest BCUT2D eigenvalue weighted by molar-refractivity contribution is 6.01. The molecule has 5 aromatic rings. The van der Waals surface area contributed by atoms with Crippen molar-refractivity contribution in [3.8, 4) is 17.3 Å². The summed E-state index contributed by atoms with van der Waals surface area (Å²) in [6.45, 7) is 7.31. The van der Waals surface area contributed by atoms with Gasteiger partial charge >= 0.3 is 12.3 Å². The van der Waals surface area contributed by atoms with E-state index in [0.29, 0.717) is 73.2 Å². The Morgan fingerprint density at radius 3 is 2.58 bits per heavy atom. The monoisotopic (exact) mass is 722 g/mol. The molecule has 0 saturated carbocycles. The van der Waals surface area contributed by atoms with Gasteiger partial charge in [0.25, 0.3) is 5.91 Å². The number of rotatable bonds is 12. The molecule has 0 aliphatic carbocycles. The molecule has 2 amide bonds. The lowest BCUT2D eigenvalue weighted by molar-refractivity contribution is -0.153. The number of carbonyl (C=O) groups is 2. The van der Waals surface area contributed by atoms with Crippen LogP contribution in [-0.2, 0) is 11.3 Å². The van der Waals surface area contributed by atoms with Crippen LogP contribution in [0, 0.1) is 6.92 Å². The summed E-state index contributed by atoms with van der Waals surface area (Å²) in [7, 11) is 1.70. The van der Waals surface area contributed by atoms with Crippen molar-refractivity contribution >= 4 is 39.5 Å². The predicted octanol–water partition coefficient (Wildman–Crippen LogP) is 6.86. The summed E-state index contributed by atoms with van der Waals surface area (Å²) in [5, 5.41) is 9.76. The Bertz CT molecular complexity index is 2070. The van der Waals surface area contributed by atoms with Crippen molar-refractivity contribution in [3.05, 3.63) is 60.4 Å². The van der Waals surface area contributed by atoms with Gasteiger partial charge in [0.15, 0.2) is 6.61 Å². The van der Waals surface area contributed by atoms with Gasteiger partial charge in [-0.25, -0.2) is 14.8 Å². The summed E-state index contributed by atoms with van der Waals surface area (Å²) in [6.07, 6.45) is 0.204. The Labute approximate surface area is 298 Å². The van der Waals surface area contributed by atoms with Crippen LogP contribution in [0.2, 0.25) is 0 Å². The average Bonchev–Trinajstić information content (AvgIpc) is 3.70. The minimum atomic E-state index is -4.53. The van der Waals surface area contributed by atoms with Crippen molar-refractivity contribution in [2.45, 2.75) is 71.3 Å². The minimum Gasteiger partial charge on any atom is -0.468 e. The first kappa shape index (κ1) is 36.4. The fourth-order valence-electron chi connectivity index (χ4n) is 6.18. The number of alkyl halides is 3. The molecule has 6 rings (SSSR count). The molecule has 1 aliphatic rings. The second kappa shape index (κ2) is 14.7. The van der Waals surface area contributed by atoms with Crippen LogP contribution in [0.4, 0.5) is 23.8 Å². The van der Waals surface area contributed by atoms with Gasteiger partial charge in [0.1, 0.15) is 17.1 Å². The summed E-state index contributed by atoms with van der Waals surface area (Å²) in [5.74, 6) is 1.08. The molecule has 0 spiro atoms. The van der Waals surface area contributed by atoms with Gasteiger partial charge in [0, 0.05) is 69.5 Å². The number of unbranched alkanes of at least 4 members (excludes halogenated alkanes) is 1. The largest absolute Gasteiger partial charge is 0.468 e. The van der Waals surface area contributed by atoms with E-state index in [1.807, 2.05) is 45.0 Å². The zero-order valence-corrected chi connectivity index (χ0v) is 29.7. The number of carbonyl (C=O) groups excluding carboxylic acids is 2. The molecular formula is C36H41F3N8O5. The van der Waals surface area contributed by atoms with Crippen LogP contribution in [0.1, 0.15) is 56.4 Å². The van der Waals surface area contributed by atoms with E-state index in [2.05, 4.69) is 25.4 Å². The summed E-state index contributed by atoms with van der Waals surface area (Å²) in [6, 6.07) is 10.7. The molecule has 1 aromatic carbocycles. The number of hydrogen-bond donors (Lipinski definition) is 1. The molecule has 1 aliphatic heterocycles. The van der Waals surface area contributed by atoms with Gasteiger partial charge in [-0.15, -0.1) is 0 Å². The average molecular weight is 723 g/mol. The zero-order valence-electron chi connectivity index (χ0n) is 29.7. The molecule has 5 heterocycles. The number of amides is 2. The maximum Gasteiger partial charge on any atom is 0.422 e. The fraction of sp³-hybridized carbons (Fsp3) is 0.444. The van der Waals surface area contributed by atoms with Crippen LogP contribution in [-0.4, -0.2) is 97.6 Å². The molecule has 0 radical (unpaired) electrons. The van der Waals surface area contributed by atoms with Crippen molar-refractivity contribution in [3.63, 3.8) is 0 Å². The second-order valence-corrected chi connectivity index (χ2v) is 13.9. The first-order chi connectivity index (χ1) is 24.6. The van der Waals surface area contributed by atoms with Crippen LogP contribution in [0.5, 0.6) is 5.88 Å². The van der Waals surface area contributed by atoms with Crippen LogP contribution in [0.15, 0.2) is 53.3 Å². The second-order valence-electron chi connectivity index (χ2n) is 13.9. The lowest BCUT2D eigenvalue weighted by atomic mass is 10.1. The van der Waals surface area contributed by atoms with Crippen LogP contribution >= 0.6 is 0 Å². The molecule has 13 nitrogen and oxygen atoms in total. The number of anilines is 1. The van der Waals surface area contributed by atoms with Crippen LogP contribution in [0.25, 0.3) is 33.1 Å². The van der Waals surface area contributed by atoms with Gasteiger partial charge in [0.2, 0.25) is 17.6 Å². The van der Waals surface area contributed by atoms with E-state index >= 15 is 0 Å². The van der Waals surface area contributed by atoms with Gasteiger partial charge < -0.3 is 33.7 Å². The number of hydrogen-bond acceptors (Lipinski definition) is 10. The number of pyridine rings is 2. The zero-order chi connectivity index (χ0) is 37.2. The van der Waals surface area contributed by atoms with Crippen LogP contribution in [0.3, 0.4) is 0 Å². The molecule has 52 heavy (non-hydrogen) atoms. The van der Waals surface area contributed by atoms with E-state index in [9.17, 15) is 22.8 Å². The van der Waals surface area contributed by atoms with Crippen molar-refractivity contribution in [2.24, 2.45) is 0 Å². The number of benzene rings is 1. The van der Waals surface area contributed by atoms with Crippen molar-refractivity contribution in [2.75, 3.05) is 38.6 Å². The Balaban J connectivity index is 1.23. The summed E-state index contributed by atoms with van der Waals surface area (Å²) in [5.41, 5.74) is 1.07. The van der Waals surface area contributed by atoms with E-state index in [4.69, 9.17) is 14.0 Å². The number of aromatic nitrogens is 5. The quantitative estimate of drug-likeness (QED) is 0.136. The van der Waals surface area contributed by atoms with E-state index in [1.165, 1.54) is 6.20 Å². The maximum absolute atomic E-state index is 14.0. The third-order valence-electron chi connectivity index (χ3n) is 8.60. The minimum absolute atomic E-state index is 0.177. The molecule has 276 valence electrons. The highest BCUT2D eigenvalue weighted by Crippen LogP contribution is 2.32. The van der Waals surface area contributed by atoms with E-state index < -0.39 is 24.5 Å². The van der Waals surface area contributed by atoms with Crippen molar-refractivity contribution in [1.29, 1.82) is 0 Å². The molecule has 0 saturated heterocycles. The van der Waals surface area contributed by atoms with Crippen molar-refractivity contribution in [1.82, 2.24) is 34.5 Å². The Morgan fingerprint density at radius 1 is 1.06 bits per heavy atom. The Morgan fingerprint density at radius 2 is 1.85 bits per heavy atom. The normalized spacial score (nSPS) is 14.1. The molecule has 16 heteroatoms. The van der Waals surface area contributed by atoms with Gasteiger partial charge in [-0.05, 0) is 69.7 Å². The Kier molecular flexibility index (Phi) is 10.3. The lowest BCUT2D eigenvalue weighted by Crippen LogP contribution is -2.45. The number of aryl methyl sites for hydroxylation is 1. The molecule has 0 unspecified atom stereocenters. The topological polar surface area (TPSA) is 141 Å². The molecule has 1 N–H and O–H groups in total.